The zero-order chi connectivity index (χ0) is 10.1. The van der Waals surface area contributed by atoms with Gasteiger partial charge in [0.1, 0.15) is 5.82 Å². The Labute approximate surface area is 82.3 Å². The Morgan fingerprint density at radius 1 is 1.50 bits per heavy atom. The van der Waals surface area contributed by atoms with Crippen LogP contribution in [-0.4, -0.2) is 29.9 Å². The van der Waals surface area contributed by atoms with E-state index < -0.39 is 0 Å². The van der Waals surface area contributed by atoms with E-state index in [1.807, 2.05) is 31.1 Å². The summed E-state index contributed by atoms with van der Waals surface area (Å²) in [6, 6.07) is 3.71. The van der Waals surface area contributed by atoms with Gasteiger partial charge in [0.25, 0.3) is 5.91 Å². The molecule has 1 N–H and O–H groups in total. The number of anilines is 1. The molecule has 1 aliphatic heterocycles. The highest BCUT2D eigenvalue weighted by Crippen LogP contribution is 2.28. The zero-order valence-corrected chi connectivity index (χ0v) is 8.11. The van der Waals surface area contributed by atoms with Gasteiger partial charge in [0.05, 0.1) is 5.57 Å². The predicted molar refractivity (Wildman–Crippen MR) is 54.5 cm³/mol. The fourth-order valence-electron chi connectivity index (χ4n) is 1.41. The number of nitrogens with one attached hydrogen (secondary N) is 1. The topological polar surface area (TPSA) is 45.2 Å². The molecule has 2 heterocycles. The number of pyridine rings is 1. The zero-order valence-electron chi connectivity index (χ0n) is 8.11. The maximum absolute atomic E-state index is 11.5. The molecule has 14 heavy (non-hydrogen) atoms. The van der Waals surface area contributed by atoms with Gasteiger partial charge in [0, 0.05) is 32.1 Å². The number of hydrogen-bond donors (Lipinski definition) is 1. The summed E-state index contributed by atoms with van der Waals surface area (Å²) in [6.07, 6.45) is 3.46. The fraction of sp³-hybridized carbons (Fsp3) is 0.200. The van der Waals surface area contributed by atoms with Gasteiger partial charge in [-0.1, -0.05) is 0 Å². The van der Waals surface area contributed by atoms with Crippen LogP contribution in [0.25, 0.3) is 5.57 Å². The lowest BCUT2D eigenvalue weighted by Gasteiger charge is -2.05. The summed E-state index contributed by atoms with van der Waals surface area (Å²) in [5.41, 5.74) is 1.53. The molecule has 0 radical (unpaired) electrons. The lowest BCUT2D eigenvalue weighted by atomic mass is 10.1. The van der Waals surface area contributed by atoms with Crippen molar-refractivity contribution in [1.82, 2.24) is 9.88 Å². The van der Waals surface area contributed by atoms with Crippen LogP contribution < -0.4 is 5.32 Å². The van der Waals surface area contributed by atoms with E-state index in [1.165, 1.54) is 0 Å². The first kappa shape index (κ1) is 8.74. The van der Waals surface area contributed by atoms with E-state index in [1.54, 1.807) is 12.4 Å². The van der Waals surface area contributed by atoms with E-state index in [-0.39, 0.29) is 5.91 Å². The second-order valence-corrected chi connectivity index (χ2v) is 3.36. The molecule has 1 aliphatic rings. The molecular formula is C10H11N3O. The van der Waals surface area contributed by atoms with Crippen molar-refractivity contribution < 1.29 is 4.79 Å². The summed E-state index contributed by atoms with van der Waals surface area (Å²) in [4.78, 5) is 17.4. The molecule has 4 nitrogen and oxygen atoms in total. The third kappa shape index (κ3) is 1.35. The van der Waals surface area contributed by atoms with Crippen molar-refractivity contribution in [3.63, 3.8) is 0 Å². The monoisotopic (exact) mass is 189 g/mol. The molecule has 1 amide bonds. The molecule has 1 aromatic heterocycles. The predicted octanol–water partition coefficient (Wildman–Crippen LogP) is 0.936. The summed E-state index contributed by atoms with van der Waals surface area (Å²) < 4.78 is 0. The third-order valence-corrected chi connectivity index (χ3v) is 1.96. The van der Waals surface area contributed by atoms with Crippen molar-refractivity contribution in [2.75, 3.05) is 19.4 Å². The average molecular weight is 189 g/mol. The minimum Gasteiger partial charge on any atom is -0.383 e. The summed E-state index contributed by atoms with van der Waals surface area (Å²) in [5, 5.41) is 2.71. The Bertz CT molecular complexity index is 410. The lowest BCUT2D eigenvalue weighted by molar-refractivity contribution is -0.110. The summed E-state index contributed by atoms with van der Waals surface area (Å²) >= 11 is 0. The maximum Gasteiger partial charge on any atom is 0.259 e. The standard InChI is InChI=1S/C10H11N3O/c1-13(2)6-8-7-4-3-5-11-9(7)12-10(8)14/h3-6H,1-2H3,(H,11,12,14)/b8-6+. The molecule has 0 saturated heterocycles. The van der Waals surface area contributed by atoms with Gasteiger partial charge in [0.15, 0.2) is 0 Å². The van der Waals surface area contributed by atoms with Crippen molar-refractivity contribution in [3.8, 4) is 0 Å². The third-order valence-electron chi connectivity index (χ3n) is 1.96. The molecule has 2 rings (SSSR count). The van der Waals surface area contributed by atoms with Crippen LogP contribution in [-0.2, 0) is 4.79 Å². The van der Waals surface area contributed by atoms with Crippen LogP contribution in [0, 0.1) is 0 Å². The number of hydrogen-bond acceptors (Lipinski definition) is 3. The van der Waals surface area contributed by atoms with Gasteiger partial charge in [-0.2, -0.15) is 0 Å². The van der Waals surface area contributed by atoms with Crippen LogP contribution in [0.2, 0.25) is 0 Å². The van der Waals surface area contributed by atoms with Gasteiger partial charge < -0.3 is 10.2 Å². The molecule has 72 valence electrons. The van der Waals surface area contributed by atoms with Crippen LogP contribution in [0.1, 0.15) is 5.56 Å². The molecular weight excluding hydrogens is 178 g/mol. The summed E-state index contributed by atoms with van der Waals surface area (Å²) in [6.45, 7) is 0. The smallest absolute Gasteiger partial charge is 0.259 e. The normalized spacial score (nSPS) is 16.7. The van der Waals surface area contributed by atoms with E-state index in [0.29, 0.717) is 11.4 Å². The molecule has 0 bridgehead atoms. The van der Waals surface area contributed by atoms with Crippen LogP contribution in [0.5, 0.6) is 0 Å². The van der Waals surface area contributed by atoms with E-state index >= 15 is 0 Å². The van der Waals surface area contributed by atoms with Crippen molar-refractivity contribution in [2.45, 2.75) is 0 Å². The van der Waals surface area contributed by atoms with E-state index in [0.717, 1.165) is 5.56 Å². The van der Waals surface area contributed by atoms with Crippen molar-refractivity contribution in [3.05, 3.63) is 30.1 Å². The first-order chi connectivity index (χ1) is 6.68. The largest absolute Gasteiger partial charge is 0.383 e. The molecule has 0 aromatic carbocycles. The number of fused-ring (bicyclic) bond motifs is 1. The number of aromatic nitrogens is 1. The van der Waals surface area contributed by atoms with Crippen molar-refractivity contribution in [1.29, 1.82) is 0 Å². The number of amides is 1. The maximum atomic E-state index is 11.5. The summed E-state index contributed by atoms with van der Waals surface area (Å²) in [5.74, 6) is 0.554. The van der Waals surface area contributed by atoms with Crippen LogP contribution in [0.15, 0.2) is 24.5 Å². The van der Waals surface area contributed by atoms with Crippen LogP contribution >= 0.6 is 0 Å². The van der Waals surface area contributed by atoms with Gasteiger partial charge in [-0.15, -0.1) is 0 Å². The van der Waals surface area contributed by atoms with Gasteiger partial charge >= 0.3 is 0 Å². The summed E-state index contributed by atoms with van der Waals surface area (Å²) in [7, 11) is 3.77. The minimum atomic E-state index is -0.0904. The molecule has 0 saturated carbocycles. The second-order valence-electron chi connectivity index (χ2n) is 3.36. The number of nitrogens with zero attached hydrogens (tertiary/aromatic N) is 2. The van der Waals surface area contributed by atoms with Gasteiger partial charge in [-0.05, 0) is 12.1 Å². The highest BCUT2D eigenvalue weighted by molar-refractivity contribution is 6.30. The van der Waals surface area contributed by atoms with Crippen LogP contribution in [0.4, 0.5) is 5.82 Å². The van der Waals surface area contributed by atoms with E-state index in [9.17, 15) is 4.79 Å². The fourth-order valence-corrected chi connectivity index (χ4v) is 1.41. The quantitative estimate of drug-likeness (QED) is 0.668. The molecule has 0 spiro atoms. The average Bonchev–Trinajstić information content (AvgIpc) is 2.43. The molecule has 0 atom stereocenters. The Balaban J connectivity index is 2.50. The minimum absolute atomic E-state index is 0.0904. The SMILES string of the molecule is CN(C)/C=C1/C(=O)Nc2ncccc21. The first-order valence-electron chi connectivity index (χ1n) is 4.33. The number of carbonyl (C=O) groups is 1. The second kappa shape index (κ2) is 3.14. The first-order valence-corrected chi connectivity index (χ1v) is 4.33. The van der Waals surface area contributed by atoms with Gasteiger partial charge in [0.2, 0.25) is 0 Å². The molecule has 0 fully saturated rings. The Kier molecular flexibility index (Phi) is 1.96. The Hall–Kier alpha value is -1.84. The lowest BCUT2D eigenvalue weighted by Crippen LogP contribution is -2.08. The molecule has 0 aliphatic carbocycles. The highest BCUT2D eigenvalue weighted by atomic mass is 16.2. The van der Waals surface area contributed by atoms with Crippen molar-refractivity contribution >= 4 is 17.3 Å². The highest BCUT2D eigenvalue weighted by Gasteiger charge is 2.24. The Morgan fingerprint density at radius 2 is 2.29 bits per heavy atom. The van der Waals surface area contributed by atoms with Crippen LogP contribution in [0.3, 0.4) is 0 Å². The number of carbonyl (C=O) groups excluding carboxylic acids is 1. The van der Waals surface area contributed by atoms with Gasteiger partial charge in [-0.25, -0.2) is 4.98 Å². The van der Waals surface area contributed by atoms with E-state index in [2.05, 4.69) is 10.3 Å². The van der Waals surface area contributed by atoms with Gasteiger partial charge in [-0.3, -0.25) is 4.79 Å². The molecule has 1 aromatic rings. The molecule has 0 unspecified atom stereocenters. The van der Waals surface area contributed by atoms with Crippen molar-refractivity contribution in [2.24, 2.45) is 0 Å². The Morgan fingerprint density at radius 3 is 3.00 bits per heavy atom. The molecule has 4 heteroatoms. The number of rotatable bonds is 1. The van der Waals surface area contributed by atoms with E-state index in [4.69, 9.17) is 0 Å².